The van der Waals surface area contributed by atoms with E-state index in [1.54, 1.807) is 4.90 Å². The Balaban J connectivity index is 0.000000377. The van der Waals surface area contributed by atoms with Crippen LogP contribution in [-0.4, -0.2) is 42.4 Å². The van der Waals surface area contributed by atoms with E-state index >= 15 is 0 Å². The molecule has 1 aromatic carbocycles. The molecule has 1 saturated heterocycles. The molecule has 1 heterocycles. The van der Waals surface area contributed by atoms with Crippen molar-refractivity contribution in [2.75, 3.05) is 19.9 Å². The number of hydrogen-bond acceptors (Lipinski definition) is 3. The number of benzene rings is 1. The van der Waals surface area contributed by atoms with E-state index in [-0.39, 0.29) is 18.6 Å². The van der Waals surface area contributed by atoms with Gasteiger partial charge in [0.25, 0.3) is 0 Å². The van der Waals surface area contributed by atoms with Crippen molar-refractivity contribution in [1.82, 2.24) is 4.90 Å². The van der Waals surface area contributed by atoms with Gasteiger partial charge in [-0.3, -0.25) is 4.79 Å². The monoisotopic (exact) mass is 281 g/mol. The second kappa shape index (κ2) is 12.6. The molecule has 4 heteroatoms. The van der Waals surface area contributed by atoms with Crippen LogP contribution in [0.25, 0.3) is 0 Å². The van der Waals surface area contributed by atoms with Crippen molar-refractivity contribution in [1.29, 1.82) is 0 Å². The van der Waals surface area contributed by atoms with Crippen LogP contribution in [0, 0.1) is 5.92 Å². The SMILES string of the molecule is CC.CC(CO)CC1COCN1C=O.c1ccccc1. The van der Waals surface area contributed by atoms with Crippen molar-refractivity contribution >= 4 is 6.41 Å². The lowest BCUT2D eigenvalue weighted by molar-refractivity contribution is -0.120. The maximum atomic E-state index is 10.5. The van der Waals surface area contributed by atoms with Crippen LogP contribution in [0.1, 0.15) is 27.2 Å². The molecule has 1 fully saturated rings. The Kier molecular flexibility index (Phi) is 11.8. The first-order valence-corrected chi connectivity index (χ1v) is 7.17. The first-order valence-electron chi connectivity index (χ1n) is 7.17. The molecule has 1 aliphatic heterocycles. The molecule has 0 bridgehead atoms. The van der Waals surface area contributed by atoms with Gasteiger partial charge in [0, 0.05) is 6.61 Å². The Labute approximate surface area is 122 Å². The van der Waals surface area contributed by atoms with Crippen molar-refractivity contribution in [3.05, 3.63) is 36.4 Å². The molecule has 1 N–H and O–H groups in total. The number of rotatable bonds is 4. The lowest BCUT2D eigenvalue weighted by Gasteiger charge is -2.19. The topological polar surface area (TPSA) is 49.8 Å². The summed E-state index contributed by atoms with van der Waals surface area (Å²) in [7, 11) is 0. The predicted molar refractivity (Wildman–Crippen MR) is 81.2 cm³/mol. The summed E-state index contributed by atoms with van der Waals surface area (Å²) in [5.41, 5.74) is 0. The molecule has 1 aliphatic rings. The molecule has 1 aromatic rings. The van der Waals surface area contributed by atoms with Crippen molar-refractivity contribution < 1.29 is 14.6 Å². The Bertz CT molecular complexity index is 292. The van der Waals surface area contributed by atoms with Crippen LogP contribution in [0.2, 0.25) is 0 Å². The molecular formula is C16H27NO3. The fraction of sp³-hybridized carbons (Fsp3) is 0.562. The maximum Gasteiger partial charge on any atom is 0.211 e. The Morgan fingerprint density at radius 2 is 1.75 bits per heavy atom. The molecular weight excluding hydrogens is 254 g/mol. The Morgan fingerprint density at radius 1 is 1.25 bits per heavy atom. The minimum atomic E-state index is 0.157. The van der Waals surface area contributed by atoms with E-state index in [4.69, 9.17) is 9.84 Å². The number of nitrogens with zero attached hydrogens (tertiary/aromatic N) is 1. The van der Waals surface area contributed by atoms with Crippen molar-refractivity contribution in [3.8, 4) is 0 Å². The largest absolute Gasteiger partial charge is 0.396 e. The van der Waals surface area contributed by atoms with Gasteiger partial charge in [-0.25, -0.2) is 0 Å². The summed E-state index contributed by atoms with van der Waals surface area (Å²) in [6, 6.07) is 12.2. The lowest BCUT2D eigenvalue weighted by atomic mass is 10.0. The molecule has 0 aromatic heterocycles. The molecule has 1 amide bonds. The lowest BCUT2D eigenvalue weighted by Crippen LogP contribution is -2.31. The molecule has 114 valence electrons. The molecule has 0 spiro atoms. The summed E-state index contributed by atoms with van der Waals surface area (Å²) >= 11 is 0. The van der Waals surface area contributed by atoms with E-state index in [0.29, 0.717) is 13.3 Å². The Hall–Kier alpha value is -1.39. The first-order chi connectivity index (χ1) is 9.77. The molecule has 0 aliphatic carbocycles. The normalized spacial score (nSPS) is 18.2. The zero-order chi connectivity index (χ0) is 15.2. The fourth-order valence-corrected chi connectivity index (χ4v) is 1.74. The van der Waals surface area contributed by atoms with E-state index < -0.39 is 0 Å². The summed E-state index contributed by atoms with van der Waals surface area (Å²) in [5, 5.41) is 8.81. The van der Waals surface area contributed by atoms with Crippen LogP contribution >= 0.6 is 0 Å². The highest BCUT2D eigenvalue weighted by Gasteiger charge is 2.24. The van der Waals surface area contributed by atoms with Crippen LogP contribution in [0.15, 0.2) is 36.4 Å². The van der Waals surface area contributed by atoms with Crippen molar-refractivity contribution in [2.24, 2.45) is 5.92 Å². The van der Waals surface area contributed by atoms with Crippen LogP contribution < -0.4 is 0 Å². The van der Waals surface area contributed by atoms with Crippen LogP contribution in [-0.2, 0) is 9.53 Å². The maximum absolute atomic E-state index is 10.5. The summed E-state index contributed by atoms with van der Waals surface area (Å²) in [6.45, 7) is 7.12. The predicted octanol–water partition coefficient (Wildman–Crippen LogP) is 2.53. The number of aliphatic hydroxyl groups excluding tert-OH is 1. The molecule has 2 unspecified atom stereocenters. The zero-order valence-corrected chi connectivity index (χ0v) is 12.7. The minimum absolute atomic E-state index is 0.157. The van der Waals surface area contributed by atoms with Gasteiger partial charge >= 0.3 is 0 Å². The van der Waals surface area contributed by atoms with Gasteiger partial charge in [0.1, 0.15) is 6.73 Å². The number of aliphatic hydroxyl groups is 1. The molecule has 2 rings (SSSR count). The molecule has 20 heavy (non-hydrogen) atoms. The number of hydrogen-bond donors (Lipinski definition) is 1. The van der Waals surface area contributed by atoms with Crippen LogP contribution in [0.4, 0.5) is 0 Å². The van der Waals surface area contributed by atoms with Gasteiger partial charge in [-0.15, -0.1) is 0 Å². The molecule has 0 saturated carbocycles. The Morgan fingerprint density at radius 3 is 2.15 bits per heavy atom. The average Bonchev–Trinajstić information content (AvgIpc) is 2.98. The highest BCUT2D eigenvalue weighted by atomic mass is 16.5. The quantitative estimate of drug-likeness (QED) is 0.863. The number of amides is 1. The third-order valence-corrected chi connectivity index (χ3v) is 2.81. The van der Waals surface area contributed by atoms with E-state index in [1.165, 1.54) is 0 Å². The van der Waals surface area contributed by atoms with Crippen molar-refractivity contribution in [3.63, 3.8) is 0 Å². The van der Waals surface area contributed by atoms with Gasteiger partial charge < -0.3 is 14.7 Å². The van der Waals surface area contributed by atoms with Crippen molar-refractivity contribution in [2.45, 2.75) is 33.2 Å². The summed E-state index contributed by atoms with van der Waals surface area (Å²) in [5.74, 6) is 0.235. The van der Waals surface area contributed by atoms with Gasteiger partial charge in [-0.1, -0.05) is 57.2 Å². The van der Waals surface area contributed by atoms with Gasteiger partial charge in [0.2, 0.25) is 6.41 Å². The van der Waals surface area contributed by atoms with Gasteiger partial charge in [0.05, 0.1) is 12.6 Å². The van der Waals surface area contributed by atoms with Crippen LogP contribution in [0.3, 0.4) is 0 Å². The third-order valence-electron chi connectivity index (χ3n) is 2.81. The summed E-state index contributed by atoms with van der Waals surface area (Å²) < 4.78 is 5.12. The number of ether oxygens (including phenoxy) is 1. The molecule has 2 atom stereocenters. The average molecular weight is 281 g/mol. The smallest absolute Gasteiger partial charge is 0.211 e. The second-order valence-corrected chi connectivity index (χ2v) is 4.45. The van der Waals surface area contributed by atoms with Gasteiger partial charge in [-0.2, -0.15) is 0 Å². The van der Waals surface area contributed by atoms with Gasteiger partial charge in [0.15, 0.2) is 0 Å². The first kappa shape index (κ1) is 18.6. The van der Waals surface area contributed by atoms with Gasteiger partial charge in [-0.05, 0) is 12.3 Å². The standard InChI is InChI=1S/C8H15NO3.C6H6.C2H6/c1-7(3-10)2-8-4-12-6-9(8)5-11;1-2-4-6-5-3-1;1-2/h5,7-8,10H,2-4,6H2,1H3;1-6H;1-2H3. The highest BCUT2D eigenvalue weighted by Crippen LogP contribution is 2.15. The van der Waals surface area contributed by atoms with Crippen LogP contribution in [0.5, 0.6) is 0 Å². The summed E-state index contributed by atoms with van der Waals surface area (Å²) in [4.78, 5) is 12.1. The van der Waals surface area contributed by atoms with E-state index in [0.717, 1.165) is 12.8 Å². The summed E-state index contributed by atoms with van der Waals surface area (Å²) in [6.07, 6.45) is 1.62. The second-order valence-electron chi connectivity index (χ2n) is 4.45. The van der Waals surface area contributed by atoms with E-state index in [9.17, 15) is 4.79 Å². The number of carbonyl (C=O) groups excluding carboxylic acids is 1. The molecule has 0 radical (unpaired) electrons. The third kappa shape index (κ3) is 7.92. The molecule has 4 nitrogen and oxygen atoms in total. The van der Waals surface area contributed by atoms with E-state index in [1.807, 2.05) is 57.2 Å². The minimum Gasteiger partial charge on any atom is -0.396 e. The fourth-order valence-electron chi connectivity index (χ4n) is 1.74. The zero-order valence-electron chi connectivity index (χ0n) is 12.7. The number of carbonyl (C=O) groups is 1. The highest BCUT2D eigenvalue weighted by molar-refractivity contribution is 5.47. The van der Waals surface area contributed by atoms with E-state index in [2.05, 4.69) is 0 Å².